The van der Waals surface area contributed by atoms with Crippen LogP contribution in [0.3, 0.4) is 0 Å². The lowest BCUT2D eigenvalue weighted by atomic mass is 9.99. The third-order valence-electron chi connectivity index (χ3n) is 4.83. The molecule has 2 heterocycles. The number of carbonyl (C=O) groups is 1. The summed E-state index contributed by atoms with van der Waals surface area (Å²) in [4.78, 5) is 20.8. The highest BCUT2D eigenvalue weighted by Gasteiger charge is 2.27. The van der Waals surface area contributed by atoms with Crippen molar-refractivity contribution in [1.82, 2.24) is 20.0 Å². The SMILES string of the molecule is CCCCC(CC)CNC(=NC)N1CCN(c2cnn(C)c2)C(=O)C1.I. The van der Waals surface area contributed by atoms with Crippen molar-refractivity contribution in [3.63, 3.8) is 0 Å². The van der Waals surface area contributed by atoms with Gasteiger partial charge in [0.1, 0.15) is 6.54 Å². The number of nitrogens with zero attached hydrogens (tertiary/aromatic N) is 5. The number of aromatic nitrogens is 2. The molecule has 1 unspecified atom stereocenters. The molecule has 148 valence electrons. The molecule has 8 heteroatoms. The molecule has 1 aromatic heterocycles. The third-order valence-corrected chi connectivity index (χ3v) is 4.83. The Morgan fingerprint density at radius 1 is 1.38 bits per heavy atom. The number of anilines is 1. The highest BCUT2D eigenvalue weighted by Crippen LogP contribution is 2.16. The van der Waals surface area contributed by atoms with Gasteiger partial charge in [-0.05, 0) is 12.3 Å². The van der Waals surface area contributed by atoms with E-state index in [1.807, 2.05) is 18.1 Å². The number of hydrogen-bond donors (Lipinski definition) is 1. The highest BCUT2D eigenvalue weighted by atomic mass is 127. The Balaban J connectivity index is 0.00000338. The van der Waals surface area contributed by atoms with E-state index in [4.69, 9.17) is 0 Å². The molecule has 0 radical (unpaired) electrons. The number of aryl methyl sites for hydroxylation is 1. The third kappa shape index (κ3) is 6.14. The number of nitrogens with one attached hydrogen (secondary N) is 1. The lowest BCUT2D eigenvalue weighted by Gasteiger charge is -2.35. The summed E-state index contributed by atoms with van der Waals surface area (Å²) in [5, 5.41) is 7.62. The number of rotatable bonds is 7. The van der Waals surface area contributed by atoms with Gasteiger partial charge in [-0.1, -0.05) is 33.1 Å². The maximum absolute atomic E-state index is 12.5. The van der Waals surface area contributed by atoms with Gasteiger partial charge in [-0.15, -0.1) is 24.0 Å². The minimum Gasteiger partial charge on any atom is -0.356 e. The van der Waals surface area contributed by atoms with Crippen LogP contribution >= 0.6 is 24.0 Å². The molecule has 7 nitrogen and oxygen atoms in total. The molecule has 0 spiro atoms. The van der Waals surface area contributed by atoms with Gasteiger partial charge in [0, 0.05) is 39.9 Å². The number of carbonyl (C=O) groups excluding carboxylic acids is 1. The van der Waals surface area contributed by atoms with Crippen molar-refractivity contribution in [1.29, 1.82) is 0 Å². The number of piperazine rings is 1. The molecule has 0 saturated carbocycles. The molecule has 1 aliphatic rings. The predicted molar refractivity (Wildman–Crippen MR) is 117 cm³/mol. The topological polar surface area (TPSA) is 65.8 Å². The first-order valence-corrected chi connectivity index (χ1v) is 9.33. The van der Waals surface area contributed by atoms with E-state index in [1.54, 1.807) is 22.8 Å². The summed E-state index contributed by atoms with van der Waals surface area (Å²) < 4.78 is 1.72. The van der Waals surface area contributed by atoms with Crippen molar-refractivity contribution < 1.29 is 4.79 Å². The predicted octanol–water partition coefficient (Wildman–Crippen LogP) is 2.48. The zero-order valence-electron chi connectivity index (χ0n) is 16.4. The second kappa shape index (κ2) is 11.4. The second-order valence-electron chi connectivity index (χ2n) is 6.68. The summed E-state index contributed by atoms with van der Waals surface area (Å²) in [6, 6.07) is 0. The fraction of sp³-hybridized carbons (Fsp3) is 0.722. The monoisotopic (exact) mass is 476 g/mol. The molecule has 2 rings (SSSR count). The molecule has 1 atom stereocenters. The van der Waals surface area contributed by atoms with Gasteiger partial charge in [-0.2, -0.15) is 5.10 Å². The summed E-state index contributed by atoms with van der Waals surface area (Å²) in [7, 11) is 3.64. The van der Waals surface area contributed by atoms with Crippen molar-refractivity contribution >= 4 is 41.5 Å². The minimum absolute atomic E-state index is 0. The van der Waals surface area contributed by atoms with Crippen LogP contribution in [0.1, 0.15) is 39.5 Å². The number of halogens is 1. The van der Waals surface area contributed by atoms with Crippen molar-refractivity contribution in [2.45, 2.75) is 39.5 Å². The van der Waals surface area contributed by atoms with Gasteiger partial charge < -0.3 is 15.1 Å². The van der Waals surface area contributed by atoms with Crippen LogP contribution in [0, 0.1) is 5.92 Å². The second-order valence-corrected chi connectivity index (χ2v) is 6.68. The van der Waals surface area contributed by atoms with Gasteiger partial charge in [0.2, 0.25) is 5.91 Å². The highest BCUT2D eigenvalue weighted by molar-refractivity contribution is 14.0. The lowest BCUT2D eigenvalue weighted by Crippen LogP contribution is -2.55. The number of hydrogen-bond acceptors (Lipinski definition) is 3. The first-order valence-electron chi connectivity index (χ1n) is 9.33. The fourth-order valence-electron chi connectivity index (χ4n) is 3.19. The quantitative estimate of drug-likeness (QED) is 0.373. The van der Waals surface area contributed by atoms with Gasteiger partial charge in [0.05, 0.1) is 11.9 Å². The number of aliphatic imine (C=N–C) groups is 1. The van der Waals surface area contributed by atoms with Crippen LogP contribution < -0.4 is 10.2 Å². The van der Waals surface area contributed by atoms with Gasteiger partial charge in [-0.25, -0.2) is 0 Å². The van der Waals surface area contributed by atoms with E-state index in [0.29, 0.717) is 19.0 Å². The van der Waals surface area contributed by atoms with Crippen molar-refractivity contribution in [3.8, 4) is 0 Å². The molecule has 1 N–H and O–H groups in total. The van der Waals surface area contributed by atoms with E-state index in [2.05, 4.69) is 29.3 Å². The number of guanidine groups is 1. The van der Waals surface area contributed by atoms with Gasteiger partial charge in [-0.3, -0.25) is 14.5 Å². The summed E-state index contributed by atoms with van der Waals surface area (Å²) in [6.07, 6.45) is 8.51. The van der Waals surface area contributed by atoms with E-state index in [9.17, 15) is 4.79 Å². The van der Waals surface area contributed by atoms with E-state index < -0.39 is 0 Å². The Kier molecular flexibility index (Phi) is 9.97. The Hall–Kier alpha value is -1.32. The molecule has 0 bridgehead atoms. The molecule has 26 heavy (non-hydrogen) atoms. The van der Waals surface area contributed by atoms with Gasteiger partial charge in [0.25, 0.3) is 0 Å². The standard InChI is InChI=1S/C18H32N6O.HI/c1-5-7-8-15(6-2)11-20-18(19-3)23-9-10-24(17(25)14-23)16-12-21-22(4)13-16;/h12-13,15H,5-11,14H2,1-4H3,(H,19,20);1H. The van der Waals surface area contributed by atoms with Gasteiger partial charge >= 0.3 is 0 Å². The van der Waals surface area contributed by atoms with Crippen molar-refractivity contribution in [2.75, 3.05) is 38.1 Å². The van der Waals surface area contributed by atoms with E-state index in [-0.39, 0.29) is 29.9 Å². The van der Waals surface area contributed by atoms with E-state index >= 15 is 0 Å². The van der Waals surface area contributed by atoms with Crippen LogP contribution in [0.4, 0.5) is 5.69 Å². The van der Waals surface area contributed by atoms with Crippen LogP contribution in [0.15, 0.2) is 17.4 Å². The molecular weight excluding hydrogens is 443 g/mol. The zero-order valence-corrected chi connectivity index (χ0v) is 18.8. The van der Waals surface area contributed by atoms with Crippen LogP contribution in [0.2, 0.25) is 0 Å². The van der Waals surface area contributed by atoms with Gasteiger partial charge in [0.15, 0.2) is 5.96 Å². The largest absolute Gasteiger partial charge is 0.356 e. The molecule has 1 aliphatic heterocycles. The average Bonchev–Trinajstić information content (AvgIpc) is 3.04. The molecule has 1 fully saturated rings. The number of amides is 1. The minimum atomic E-state index is 0. The molecule has 1 amide bonds. The van der Waals surface area contributed by atoms with E-state index in [1.165, 1.54) is 19.3 Å². The molecule has 0 aliphatic carbocycles. The van der Waals surface area contributed by atoms with E-state index in [0.717, 1.165) is 31.2 Å². The molecule has 1 saturated heterocycles. The maximum Gasteiger partial charge on any atom is 0.246 e. The van der Waals surface area contributed by atoms with Crippen LogP contribution in [0.5, 0.6) is 0 Å². The Morgan fingerprint density at radius 3 is 2.69 bits per heavy atom. The summed E-state index contributed by atoms with van der Waals surface area (Å²) >= 11 is 0. The average molecular weight is 476 g/mol. The lowest BCUT2D eigenvalue weighted by molar-refractivity contribution is -0.120. The first-order chi connectivity index (χ1) is 12.1. The zero-order chi connectivity index (χ0) is 18.2. The van der Waals surface area contributed by atoms with Crippen LogP contribution in [-0.2, 0) is 11.8 Å². The maximum atomic E-state index is 12.5. The van der Waals surface area contributed by atoms with Crippen LogP contribution in [-0.4, -0.2) is 59.8 Å². The summed E-state index contributed by atoms with van der Waals surface area (Å²) in [5.41, 5.74) is 0.862. The summed E-state index contributed by atoms with van der Waals surface area (Å²) in [6.45, 7) is 7.15. The summed E-state index contributed by atoms with van der Waals surface area (Å²) in [5.74, 6) is 1.57. The number of unbranched alkanes of at least 4 members (excludes halogenated alkanes) is 1. The van der Waals surface area contributed by atoms with Crippen molar-refractivity contribution in [2.24, 2.45) is 18.0 Å². The Morgan fingerprint density at radius 2 is 2.15 bits per heavy atom. The van der Waals surface area contributed by atoms with Crippen molar-refractivity contribution in [3.05, 3.63) is 12.4 Å². The normalized spacial score (nSPS) is 16.5. The smallest absolute Gasteiger partial charge is 0.246 e. The van der Waals surface area contributed by atoms with Crippen LogP contribution in [0.25, 0.3) is 0 Å². The molecular formula is C18H33IN6O. The molecule has 0 aromatic carbocycles. The fourth-order valence-corrected chi connectivity index (χ4v) is 3.19. The Bertz CT molecular complexity index is 588. The first kappa shape index (κ1) is 22.7. The molecule has 1 aromatic rings. The Labute approximate surface area is 174 Å².